The molecule has 0 aliphatic rings. The van der Waals surface area contributed by atoms with Crippen LogP contribution in [0.1, 0.15) is 23.7 Å². The maximum absolute atomic E-state index is 12.8. The van der Waals surface area contributed by atoms with Crippen LogP contribution in [0.3, 0.4) is 0 Å². The second-order valence-corrected chi connectivity index (χ2v) is 9.57. The molecule has 4 nitrogen and oxygen atoms in total. The zero-order valence-electron chi connectivity index (χ0n) is 14.1. The summed E-state index contributed by atoms with van der Waals surface area (Å²) in [4.78, 5) is 5.16. The molecule has 27 heavy (non-hydrogen) atoms. The second-order valence-electron chi connectivity index (χ2n) is 5.64. The number of thiophene rings is 1. The van der Waals surface area contributed by atoms with Crippen molar-refractivity contribution in [2.24, 2.45) is 0 Å². The third-order valence-electron chi connectivity index (χ3n) is 3.69. The van der Waals surface area contributed by atoms with Crippen molar-refractivity contribution in [1.29, 1.82) is 0 Å². The first kappa shape index (κ1) is 20.0. The van der Waals surface area contributed by atoms with Gasteiger partial charge in [-0.2, -0.15) is 13.2 Å². The van der Waals surface area contributed by atoms with Gasteiger partial charge in [0.1, 0.15) is 9.22 Å². The first-order chi connectivity index (χ1) is 12.7. The van der Waals surface area contributed by atoms with Gasteiger partial charge >= 0.3 is 6.18 Å². The van der Waals surface area contributed by atoms with Gasteiger partial charge in [-0.1, -0.05) is 25.1 Å². The van der Waals surface area contributed by atoms with Crippen molar-refractivity contribution >= 4 is 32.7 Å². The Morgan fingerprint density at radius 1 is 1.19 bits per heavy atom. The van der Waals surface area contributed by atoms with Gasteiger partial charge in [-0.3, -0.25) is 0 Å². The highest BCUT2D eigenvalue weighted by Crippen LogP contribution is 2.33. The summed E-state index contributed by atoms with van der Waals surface area (Å²) in [6.45, 7) is 1.76. The Kier molecular flexibility index (Phi) is 5.71. The summed E-state index contributed by atoms with van der Waals surface area (Å²) in [5.74, 6) is 0. The van der Waals surface area contributed by atoms with Crippen LogP contribution in [0.15, 0.2) is 46.0 Å². The number of thiazole rings is 1. The van der Waals surface area contributed by atoms with E-state index < -0.39 is 21.8 Å². The lowest BCUT2D eigenvalue weighted by Crippen LogP contribution is -2.22. The quantitative estimate of drug-likeness (QED) is 0.601. The Balaban J connectivity index is 1.74. The molecule has 0 radical (unpaired) electrons. The van der Waals surface area contributed by atoms with E-state index in [1.54, 1.807) is 6.07 Å². The van der Waals surface area contributed by atoms with Crippen LogP contribution in [-0.4, -0.2) is 13.4 Å². The molecule has 0 atom stereocenters. The lowest BCUT2D eigenvalue weighted by atomic mass is 10.1. The number of nitrogens with one attached hydrogen (secondary N) is 1. The van der Waals surface area contributed by atoms with Crippen molar-refractivity contribution in [2.75, 3.05) is 0 Å². The molecule has 1 aromatic carbocycles. The standard InChI is InChI=1S/C17H15F3N2O2S3/c1-2-13-10-25-16(22-13)14-6-7-15(26-14)27(23,24)21-9-11-4-3-5-12(8-11)17(18,19)20/h3-8,10,21H,2,9H2,1H3. The van der Waals surface area contributed by atoms with Crippen molar-refractivity contribution < 1.29 is 21.6 Å². The fourth-order valence-corrected chi connectivity index (χ4v) is 5.61. The van der Waals surface area contributed by atoms with Gasteiger partial charge in [0.05, 0.1) is 16.1 Å². The lowest BCUT2D eigenvalue weighted by molar-refractivity contribution is -0.137. The van der Waals surface area contributed by atoms with Crippen molar-refractivity contribution in [2.45, 2.75) is 30.3 Å². The predicted molar refractivity (Wildman–Crippen MR) is 100 cm³/mol. The number of sulfonamides is 1. The third-order valence-corrected chi connectivity index (χ3v) is 7.73. The Bertz CT molecular complexity index is 1040. The summed E-state index contributed by atoms with van der Waals surface area (Å²) in [7, 11) is -3.83. The number of halogens is 3. The summed E-state index contributed by atoms with van der Waals surface area (Å²) in [6.07, 6.45) is -3.67. The molecule has 0 bridgehead atoms. The fourth-order valence-electron chi connectivity index (χ4n) is 2.27. The minimum atomic E-state index is -4.47. The topological polar surface area (TPSA) is 59.1 Å². The molecule has 0 unspecified atom stereocenters. The minimum absolute atomic E-state index is 0.0951. The molecule has 144 valence electrons. The molecule has 3 rings (SSSR count). The molecule has 0 fully saturated rings. The van der Waals surface area contributed by atoms with Crippen LogP contribution in [0.5, 0.6) is 0 Å². The van der Waals surface area contributed by atoms with Crippen LogP contribution in [-0.2, 0) is 29.2 Å². The smallest absolute Gasteiger partial charge is 0.240 e. The van der Waals surface area contributed by atoms with E-state index in [2.05, 4.69) is 9.71 Å². The van der Waals surface area contributed by atoms with Crippen LogP contribution < -0.4 is 4.72 Å². The summed E-state index contributed by atoms with van der Waals surface area (Å²) in [5.41, 5.74) is 0.362. The molecule has 2 heterocycles. The third kappa shape index (κ3) is 4.75. The second kappa shape index (κ2) is 7.70. The van der Waals surface area contributed by atoms with Gasteiger partial charge in [0.2, 0.25) is 10.0 Å². The van der Waals surface area contributed by atoms with Gasteiger partial charge in [0.15, 0.2) is 0 Å². The Morgan fingerprint density at radius 3 is 2.63 bits per heavy atom. The van der Waals surface area contributed by atoms with Crippen LogP contribution in [0.4, 0.5) is 13.2 Å². The zero-order valence-corrected chi connectivity index (χ0v) is 16.5. The van der Waals surface area contributed by atoms with Crippen LogP contribution in [0, 0.1) is 0 Å². The molecule has 0 saturated heterocycles. The molecular formula is C17H15F3N2O2S3. The minimum Gasteiger partial charge on any atom is -0.240 e. The average Bonchev–Trinajstić information content (AvgIpc) is 3.29. The van der Waals surface area contributed by atoms with E-state index in [0.29, 0.717) is 0 Å². The number of hydrogen-bond acceptors (Lipinski definition) is 5. The van der Waals surface area contributed by atoms with Gasteiger partial charge < -0.3 is 0 Å². The first-order valence-corrected chi connectivity index (χ1v) is 11.1. The molecule has 3 aromatic rings. The molecule has 0 amide bonds. The monoisotopic (exact) mass is 432 g/mol. The largest absolute Gasteiger partial charge is 0.416 e. The Labute approximate surface area is 162 Å². The van der Waals surface area contributed by atoms with Gasteiger partial charge in [-0.25, -0.2) is 18.1 Å². The number of rotatable bonds is 6. The zero-order chi connectivity index (χ0) is 19.7. The number of aromatic nitrogens is 1. The van der Waals surface area contributed by atoms with Crippen molar-refractivity contribution in [3.63, 3.8) is 0 Å². The number of hydrogen-bond donors (Lipinski definition) is 1. The maximum Gasteiger partial charge on any atom is 0.416 e. The molecule has 0 aliphatic heterocycles. The van der Waals surface area contributed by atoms with Crippen LogP contribution in [0.2, 0.25) is 0 Å². The van der Waals surface area contributed by atoms with Gasteiger partial charge in [-0.15, -0.1) is 22.7 Å². The van der Waals surface area contributed by atoms with E-state index in [4.69, 9.17) is 0 Å². The van der Waals surface area contributed by atoms with Crippen molar-refractivity contribution in [3.05, 3.63) is 58.6 Å². The highest BCUT2D eigenvalue weighted by Gasteiger charge is 2.30. The summed E-state index contributed by atoms with van der Waals surface area (Å²) in [5, 5.41) is 2.67. The highest BCUT2D eigenvalue weighted by molar-refractivity contribution is 7.91. The molecular weight excluding hydrogens is 417 g/mol. The van der Waals surface area contributed by atoms with Gasteiger partial charge in [0, 0.05) is 11.9 Å². The molecule has 10 heteroatoms. The van der Waals surface area contributed by atoms with E-state index in [1.165, 1.54) is 29.5 Å². The average molecular weight is 433 g/mol. The Morgan fingerprint density at radius 2 is 1.96 bits per heavy atom. The summed E-state index contributed by atoms with van der Waals surface area (Å²) in [6, 6.07) is 7.73. The van der Waals surface area contributed by atoms with Crippen LogP contribution in [0.25, 0.3) is 9.88 Å². The number of benzene rings is 1. The SMILES string of the molecule is CCc1csc(-c2ccc(S(=O)(=O)NCc3cccc(C(F)(F)F)c3)s2)n1. The number of alkyl halides is 3. The first-order valence-electron chi connectivity index (χ1n) is 7.89. The van der Waals surface area contributed by atoms with Gasteiger partial charge in [0.25, 0.3) is 0 Å². The Hall–Kier alpha value is -1.75. The fraction of sp³-hybridized carbons (Fsp3) is 0.235. The summed E-state index contributed by atoms with van der Waals surface area (Å²) >= 11 is 2.52. The molecule has 2 aromatic heterocycles. The van der Waals surface area contributed by atoms with E-state index in [9.17, 15) is 21.6 Å². The van der Waals surface area contributed by atoms with Crippen molar-refractivity contribution in [1.82, 2.24) is 9.71 Å². The summed E-state index contributed by atoms with van der Waals surface area (Å²) < 4.78 is 65.6. The molecule has 0 aliphatic carbocycles. The van der Waals surface area contributed by atoms with E-state index in [0.717, 1.165) is 45.5 Å². The van der Waals surface area contributed by atoms with E-state index >= 15 is 0 Å². The maximum atomic E-state index is 12.8. The molecule has 0 saturated carbocycles. The van der Waals surface area contributed by atoms with E-state index in [1.807, 2.05) is 12.3 Å². The van der Waals surface area contributed by atoms with Crippen molar-refractivity contribution in [3.8, 4) is 9.88 Å². The lowest BCUT2D eigenvalue weighted by Gasteiger charge is -2.09. The molecule has 1 N–H and O–H groups in total. The molecule has 0 spiro atoms. The highest BCUT2D eigenvalue weighted by atomic mass is 32.2. The van der Waals surface area contributed by atoms with Gasteiger partial charge in [-0.05, 0) is 30.2 Å². The number of aryl methyl sites for hydroxylation is 1. The number of nitrogens with zero attached hydrogens (tertiary/aromatic N) is 1. The normalized spacial score (nSPS) is 12.4. The van der Waals surface area contributed by atoms with Crippen LogP contribution >= 0.6 is 22.7 Å². The predicted octanol–water partition coefficient (Wildman–Crippen LogP) is 4.93. The van der Waals surface area contributed by atoms with E-state index in [-0.39, 0.29) is 16.3 Å².